The van der Waals surface area contributed by atoms with Crippen LogP contribution in [0.25, 0.3) is 0 Å². The number of nitrogens with one attached hydrogen (secondary N) is 2. The number of ether oxygens (including phenoxy) is 1. The van der Waals surface area contributed by atoms with Crippen molar-refractivity contribution in [3.05, 3.63) is 88.2 Å². The lowest BCUT2D eigenvalue weighted by molar-refractivity contribution is -0.384. The van der Waals surface area contributed by atoms with Crippen molar-refractivity contribution < 1.29 is 19.2 Å². The number of non-ortho nitro benzene ring substituents is 1. The Balaban J connectivity index is 1.52. The summed E-state index contributed by atoms with van der Waals surface area (Å²) in [5, 5.41) is 15.9. The average Bonchev–Trinajstić information content (AvgIpc) is 2.78. The van der Waals surface area contributed by atoms with Crippen LogP contribution in [0.15, 0.2) is 66.9 Å². The van der Waals surface area contributed by atoms with Crippen LogP contribution in [-0.2, 0) is 11.2 Å². The lowest BCUT2D eigenvalue weighted by Gasteiger charge is -2.08. The molecule has 0 atom stereocenters. The fraction of sp³-hybridized carbons (Fsp3) is 0.136. The van der Waals surface area contributed by atoms with E-state index in [1.54, 1.807) is 24.3 Å². The van der Waals surface area contributed by atoms with E-state index < -0.39 is 4.92 Å². The smallest absolute Gasteiger partial charge is 0.269 e. The van der Waals surface area contributed by atoms with Gasteiger partial charge in [-0.2, -0.15) is 0 Å². The van der Waals surface area contributed by atoms with E-state index in [-0.39, 0.29) is 29.6 Å². The summed E-state index contributed by atoms with van der Waals surface area (Å²) in [6.45, 7) is 0. The summed E-state index contributed by atoms with van der Waals surface area (Å²) < 4.78 is 5.75. The molecule has 2 N–H and O–H groups in total. The third-order valence-corrected chi connectivity index (χ3v) is 4.35. The second-order valence-electron chi connectivity index (χ2n) is 6.55. The van der Waals surface area contributed by atoms with Crippen LogP contribution in [0.4, 0.5) is 11.4 Å². The van der Waals surface area contributed by atoms with Crippen molar-refractivity contribution in [1.82, 2.24) is 10.3 Å². The Bertz CT molecular complexity index is 1080. The van der Waals surface area contributed by atoms with E-state index in [2.05, 4.69) is 15.6 Å². The Labute approximate surface area is 178 Å². The molecule has 3 aromatic rings. The first kappa shape index (κ1) is 21.4. The van der Waals surface area contributed by atoms with Crippen molar-refractivity contribution in [2.75, 3.05) is 12.4 Å². The lowest BCUT2D eigenvalue weighted by Crippen LogP contribution is -2.18. The number of aryl methyl sites for hydroxylation is 1. The van der Waals surface area contributed by atoms with Crippen LogP contribution < -0.4 is 15.4 Å². The van der Waals surface area contributed by atoms with Gasteiger partial charge in [0.1, 0.15) is 17.2 Å². The van der Waals surface area contributed by atoms with E-state index >= 15 is 0 Å². The molecule has 9 nitrogen and oxygen atoms in total. The van der Waals surface area contributed by atoms with Gasteiger partial charge in [-0.15, -0.1) is 0 Å². The van der Waals surface area contributed by atoms with E-state index in [9.17, 15) is 19.7 Å². The van der Waals surface area contributed by atoms with Gasteiger partial charge in [0.2, 0.25) is 5.91 Å². The first-order valence-electron chi connectivity index (χ1n) is 9.44. The molecular formula is C22H20N4O5. The number of nitro benzene ring substituents is 1. The van der Waals surface area contributed by atoms with Crippen LogP contribution in [0.1, 0.15) is 22.5 Å². The Morgan fingerprint density at radius 1 is 1.03 bits per heavy atom. The zero-order valence-electron chi connectivity index (χ0n) is 16.7. The number of hydrogen-bond acceptors (Lipinski definition) is 6. The number of hydrogen-bond donors (Lipinski definition) is 2. The van der Waals surface area contributed by atoms with Gasteiger partial charge >= 0.3 is 0 Å². The van der Waals surface area contributed by atoms with E-state index in [1.165, 1.54) is 37.5 Å². The maximum atomic E-state index is 12.1. The minimum atomic E-state index is -0.492. The third-order valence-electron chi connectivity index (χ3n) is 4.35. The molecule has 1 aromatic heterocycles. The molecule has 0 spiro atoms. The zero-order valence-corrected chi connectivity index (χ0v) is 16.7. The molecular weight excluding hydrogens is 400 g/mol. The number of carbonyl (C=O) groups excluding carboxylic acids is 2. The van der Waals surface area contributed by atoms with E-state index in [4.69, 9.17) is 4.74 Å². The molecule has 0 aliphatic heterocycles. The number of aromatic nitrogens is 1. The molecule has 0 fully saturated rings. The normalized spacial score (nSPS) is 10.2. The Hall–Kier alpha value is -4.27. The SMILES string of the molecule is CNC(=O)c1cc(Oc2ccc(CCC(=O)Nc3ccc([N+](=O)[O-])cc3)cc2)ccn1. The maximum absolute atomic E-state index is 12.1. The molecule has 2 amide bonds. The van der Waals surface area contributed by atoms with E-state index in [0.29, 0.717) is 23.6 Å². The van der Waals surface area contributed by atoms with Crippen molar-refractivity contribution in [1.29, 1.82) is 0 Å². The van der Waals surface area contributed by atoms with Gasteiger partial charge in [0, 0.05) is 43.6 Å². The van der Waals surface area contributed by atoms with E-state index in [0.717, 1.165) is 5.56 Å². The summed E-state index contributed by atoms with van der Waals surface area (Å²) in [6.07, 6.45) is 2.28. The molecule has 0 saturated heterocycles. The molecule has 0 unspecified atom stereocenters. The second kappa shape index (κ2) is 9.97. The second-order valence-corrected chi connectivity index (χ2v) is 6.55. The molecule has 158 valence electrons. The van der Waals surface area contributed by atoms with Gasteiger partial charge in [-0.25, -0.2) is 0 Å². The number of rotatable bonds is 8. The fourth-order valence-electron chi connectivity index (χ4n) is 2.73. The predicted molar refractivity (Wildman–Crippen MR) is 114 cm³/mol. The molecule has 2 aromatic carbocycles. The molecule has 31 heavy (non-hydrogen) atoms. The van der Waals surface area contributed by atoms with Crippen LogP contribution in [-0.4, -0.2) is 28.8 Å². The minimum Gasteiger partial charge on any atom is -0.457 e. The van der Waals surface area contributed by atoms with Crippen LogP contribution in [0.3, 0.4) is 0 Å². The van der Waals surface area contributed by atoms with Crippen LogP contribution in [0.5, 0.6) is 11.5 Å². The number of amides is 2. The molecule has 0 saturated carbocycles. The van der Waals surface area contributed by atoms with Crippen LogP contribution >= 0.6 is 0 Å². The third kappa shape index (κ3) is 6.10. The van der Waals surface area contributed by atoms with Gasteiger partial charge in [0.05, 0.1) is 4.92 Å². The van der Waals surface area contributed by atoms with Gasteiger partial charge in [0.15, 0.2) is 0 Å². The van der Waals surface area contributed by atoms with E-state index in [1.807, 2.05) is 12.1 Å². The highest BCUT2D eigenvalue weighted by molar-refractivity contribution is 5.92. The summed E-state index contributed by atoms with van der Waals surface area (Å²) in [5.74, 6) is 0.595. The first-order valence-corrected chi connectivity index (χ1v) is 9.44. The highest BCUT2D eigenvalue weighted by Crippen LogP contribution is 2.22. The highest BCUT2D eigenvalue weighted by Gasteiger charge is 2.08. The average molecular weight is 420 g/mol. The summed E-state index contributed by atoms with van der Waals surface area (Å²) in [7, 11) is 1.53. The van der Waals surface area contributed by atoms with Gasteiger partial charge in [-0.1, -0.05) is 12.1 Å². The molecule has 0 aliphatic carbocycles. The van der Waals surface area contributed by atoms with Gasteiger partial charge < -0.3 is 15.4 Å². The van der Waals surface area contributed by atoms with Crippen molar-refractivity contribution in [3.8, 4) is 11.5 Å². The molecule has 0 radical (unpaired) electrons. The maximum Gasteiger partial charge on any atom is 0.269 e. The van der Waals surface area contributed by atoms with Crippen LogP contribution in [0.2, 0.25) is 0 Å². The first-order chi connectivity index (χ1) is 14.9. The predicted octanol–water partition coefficient (Wildman–Crippen LogP) is 3.71. The van der Waals surface area contributed by atoms with Crippen molar-refractivity contribution in [2.24, 2.45) is 0 Å². The highest BCUT2D eigenvalue weighted by atomic mass is 16.6. The fourth-order valence-corrected chi connectivity index (χ4v) is 2.73. The Morgan fingerprint density at radius 3 is 2.39 bits per heavy atom. The van der Waals surface area contributed by atoms with Crippen molar-refractivity contribution in [3.63, 3.8) is 0 Å². The monoisotopic (exact) mass is 420 g/mol. The minimum absolute atomic E-state index is 0.0306. The van der Waals surface area contributed by atoms with Gasteiger partial charge in [-0.05, 0) is 42.3 Å². The van der Waals surface area contributed by atoms with Gasteiger partial charge in [0.25, 0.3) is 11.6 Å². The summed E-state index contributed by atoms with van der Waals surface area (Å²) in [6, 6.07) is 16.2. The summed E-state index contributed by atoms with van der Waals surface area (Å²) in [5.41, 5.74) is 1.69. The summed E-state index contributed by atoms with van der Waals surface area (Å²) in [4.78, 5) is 37.9. The standard InChI is InChI=1S/C22H20N4O5/c1-23-22(28)20-14-19(12-13-24-20)31-18-9-2-15(3-10-18)4-11-21(27)25-16-5-7-17(8-6-16)26(29)30/h2-3,5-10,12-14H,4,11H2,1H3,(H,23,28)(H,25,27). The van der Waals surface area contributed by atoms with Crippen molar-refractivity contribution >= 4 is 23.2 Å². The Morgan fingerprint density at radius 2 is 1.74 bits per heavy atom. The molecule has 9 heteroatoms. The molecule has 3 rings (SSSR count). The largest absolute Gasteiger partial charge is 0.457 e. The topological polar surface area (TPSA) is 123 Å². The lowest BCUT2D eigenvalue weighted by atomic mass is 10.1. The number of nitrogens with zero attached hydrogens (tertiary/aromatic N) is 2. The number of anilines is 1. The van der Waals surface area contributed by atoms with Gasteiger partial charge in [-0.3, -0.25) is 24.7 Å². The number of benzene rings is 2. The Kier molecular flexibility index (Phi) is 6.89. The molecule has 0 aliphatic rings. The number of pyridine rings is 1. The van der Waals surface area contributed by atoms with Crippen molar-refractivity contribution in [2.45, 2.75) is 12.8 Å². The molecule has 1 heterocycles. The summed E-state index contributed by atoms with van der Waals surface area (Å²) >= 11 is 0. The molecule has 0 bridgehead atoms. The quantitative estimate of drug-likeness (QED) is 0.423. The zero-order chi connectivity index (χ0) is 22.2. The van der Waals surface area contributed by atoms with Crippen LogP contribution in [0, 0.1) is 10.1 Å². The number of carbonyl (C=O) groups is 2. The number of nitro groups is 1.